The Morgan fingerprint density at radius 1 is 1.32 bits per heavy atom. The maximum Gasteiger partial charge on any atom is 0.250 e. The number of aliphatic hydroxyl groups is 1. The largest absolute Gasteiger partial charge is 0.487 e. The molecule has 2 aliphatic rings. The van der Waals surface area contributed by atoms with Crippen molar-refractivity contribution in [1.82, 2.24) is 5.32 Å². The molecule has 1 aromatic carbocycles. The molecule has 1 aromatic rings. The van der Waals surface area contributed by atoms with E-state index in [2.05, 4.69) is 10.6 Å². The van der Waals surface area contributed by atoms with E-state index in [-0.39, 0.29) is 49.6 Å². The molecule has 0 bridgehead atoms. The first-order chi connectivity index (χ1) is 13.5. The average molecular weight is 392 g/mol. The lowest BCUT2D eigenvalue weighted by atomic mass is 9.84. The summed E-state index contributed by atoms with van der Waals surface area (Å²) in [6.07, 6.45) is 0.640. The van der Waals surface area contributed by atoms with Crippen molar-refractivity contribution >= 4 is 17.5 Å². The van der Waals surface area contributed by atoms with Crippen molar-refractivity contribution in [3.05, 3.63) is 23.8 Å². The number of carbonyl (C=O) groups excluding carboxylic acids is 2. The van der Waals surface area contributed by atoms with Gasteiger partial charge in [0, 0.05) is 30.8 Å². The lowest BCUT2D eigenvalue weighted by Crippen LogP contribution is -2.47. The molecular weight excluding hydrogens is 364 g/mol. The predicted molar refractivity (Wildman–Crippen MR) is 102 cm³/mol. The zero-order valence-corrected chi connectivity index (χ0v) is 16.3. The molecule has 0 aromatic heterocycles. The van der Waals surface area contributed by atoms with Crippen LogP contribution in [-0.2, 0) is 19.1 Å². The molecule has 154 valence electrons. The molecule has 2 aliphatic heterocycles. The highest BCUT2D eigenvalue weighted by Gasteiger charge is 2.46. The van der Waals surface area contributed by atoms with Gasteiger partial charge in [-0.3, -0.25) is 9.59 Å². The first-order valence-electron chi connectivity index (χ1n) is 9.68. The first-order valence-corrected chi connectivity index (χ1v) is 9.68. The molecule has 3 rings (SSSR count). The third-order valence-electron chi connectivity index (χ3n) is 5.04. The number of ether oxygens (including phenoxy) is 3. The van der Waals surface area contributed by atoms with Crippen LogP contribution >= 0.6 is 0 Å². The maximum atomic E-state index is 12.1. The molecule has 8 heteroatoms. The summed E-state index contributed by atoms with van der Waals surface area (Å²) in [6, 6.07) is 5.48. The van der Waals surface area contributed by atoms with Gasteiger partial charge in [-0.05, 0) is 31.0 Å². The van der Waals surface area contributed by atoms with Crippen LogP contribution in [0.15, 0.2) is 18.2 Å². The van der Waals surface area contributed by atoms with Crippen molar-refractivity contribution in [3.63, 3.8) is 0 Å². The summed E-state index contributed by atoms with van der Waals surface area (Å²) in [5, 5.41) is 15.4. The summed E-state index contributed by atoms with van der Waals surface area (Å²) in [4.78, 5) is 23.9. The fraction of sp³-hybridized carbons (Fsp3) is 0.600. The number of fused-ring (bicyclic) bond motifs is 3. The van der Waals surface area contributed by atoms with Gasteiger partial charge in [0.05, 0.1) is 19.1 Å². The molecule has 0 aliphatic carbocycles. The molecule has 0 radical (unpaired) electrons. The van der Waals surface area contributed by atoms with Gasteiger partial charge in [0.15, 0.2) is 0 Å². The van der Waals surface area contributed by atoms with Crippen molar-refractivity contribution in [2.75, 3.05) is 32.2 Å². The number of methoxy groups -OCH3 is 1. The SMILES string of the molecule is CCCNC(=O)C[C@H]1C[C@@H]2c3cc(NC(=O)COC)ccc3O[C@@H]2[C@@H](CO)O1. The van der Waals surface area contributed by atoms with Crippen LogP contribution in [0.25, 0.3) is 0 Å². The molecule has 28 heavy (non-hydrogen) atoms. The molecule has 1 saturated heterocycles. The Morgan fingerprint density at radius 3 is 2.86 bits per heavy atom. The van der Waals surface area contributed by atoms with Gasteiger partial charge in [0.1, 0.15) is 24.6 Å². The van der Waals surface area contributed by atoms with Gasteiger partial charge in [-0.25, -0.2) is 0 Å². The van der Waals surface area contributed by atoms with Crippen molar-refractivity contribution in [2.45, 2.75) is 50.4 Å². The van der Waals surface area contributed by atoms with Crippen LogP contribution in [0, 0.1) is 0 Å². The van der Waals surface area contributed by atoms with E-state index in [1.165, 1.54) is 7.11 Å². The van der Waals surface area contributed by atoms with E-state index < -0.39 is 6.10 Å². The highest BCUT2D eigenvalue weighted by atomic mass is 16.6. The third kappa shape index (κ3) is 4.63. The van der Waals surface area contributed by atoms with E-state index in [9.17, 15) is 14.7 Å². The van der Waals surface area contributed by atoms with Crippen LogP contribution in [0.2, 0.25) is 0 Å². The smallest absolute Gasteiger partial charge is 0.250 e. The molecule has 0 spiro atoms. The van der Waals surface area contributed by atoms with Gasteiger partial charge >= 0.3 is 0 Å². The van der Waals surface area contributed by atoms with E-state index in [0.29, 0.717) is 18.7 Å². The maximum absolute atomic E-state index is 12.1. The lowest BCUT2D eigenvalue weighted by molar-refractivity contribution is -0.142. The second-order valence-corrected chi connectivity index (χ2v) is 7.19. The summed E-state index contributed by atoms with van der Waals surface area (Å²) in [7, 11) is 1.47. The van der Waals surface area contributed by atoms with Gasteiger partial charge in [-0.15, -0.1) is 0 Å². The standard InChI is InChI=1S/C20H28N2O6/c1-3-6-21-18(24)9-13-8-15-14-7-12(22-19(25)11-26-2)4-5-16(14)28-20(15)17(10-23)27-13/h4-5,7,13,15,17,20,23H,3,6,8-11H2,1-2H3,(H,21,24)(H,22,25)/t13-,15-,17-,20+/m1/s1. The predicted octanol–water partition coefficient (Wildman–Crippen LogP) is 1.18. The number of hydrogen-bond donors (Lipinski definition) is 3. The Morgan fingerprint density at radius 2 is 2.14 bits per heavy atom. The molecule has 3 N–H and O–H groups in total. The van der Waals surface area contributed by atoms with Crippen LogP contribution in [0.1, 0.15) is 37.7 Å². The van der Waals surface area contributed by atoms with E-state index in [1.807, 2.05) is 19.1 Å². The third-order valence-corrected chi connectivity index (χ3v) is 5.04. The number of benzene rings is 1. The minimum Gasteiger partial charge on any atom is -0.487 e. The number of hydrogen-bond acceptors (Lipinski definition) is 6. The van der Waals surface area contributed by atoms with Crippen LogP contribution in [0.5, 0.6) is 5.75 Å². The van der Waals surface area contributed by atoms with Crippen LogP contribution in [-0.4, -0.2) is 62.1 Å². The van der Waals surface area contributed by atoms with E-state index in [1.54, 1.807) is 6.07 Å². The molecular formula is C20H28N2O6. The molecule has 8 nitrogen and oxygen atoms in total. The van der Waals surface area contributed by atoms with Gasteiger partial charge in [0.2, 0.25) is 11.8 Å². The fourth-order valence-corrected chi connectivity index (χ4v) is 3.84. The molecule has 0 saturated carbocycles. The minimum atomic E-state index is -0.498. The number of rotatable bonds is 8. The molecule has 4 atom stereocenters. The monoisotopic (exact) mass is 392 g/mol. The Kier molecular flexibility index (Phi) is 6.88. The number of carbonyl (C=O) groups is 2. The van der Waals surface area contributed by atoms with Crippen LogP contribution < -0.4 is 15.4 Å². The highest BCUT2D eigenvalue weighted by molar-refractivity contribution is 5.91. The molecule has 2 heterocycles. The van der Waals surface area contributed by atoms with Crippen molar-refractivity contribution in [3.8, 4) is 5.75 Å². The quantitative estimate of drug-likeness (QED) is 0.614. The van der Waals surface area contributed by atoms with E-state index in [0.717, 1.165) is 17.7 Å². The number of nitrogens with one attached hydrogen (secondary N) is 2. The number of aliphatic hydroxyl groups excluding tert-OH is 1. The van der Waals surface area contributed by atoms with Gasteiger partial charge in [-0.2, -0.15) is 0 Å². The summed E-state index contributed by atoms with van der Waals surface area (Å²) >= 11 is 0. The number of amides is 2. The van der Waals surface area contributed by atoms with Gasteiger partial charge in [-0.1, -0.05) is 6.92 Å². The summed E-state index contributed by atoms with van der Waals surface area (Å²) < 4.78 is 16.8. The highest BCUT2D eigenvalue weighted by Crippen LogP contribution is 2.47. The van der Waals surface area contributed by atoms with Crippen LogP contribution in [0.4, 0.5) is 5.69 Å². The van der Waals surface area contributed by atoms with Gasteiger partial charge in [0.25, 0.3) is 0 Å². The second-order valence-electron chi connectivity index (χ2n) is 7.19. The zero-order valence-electron chi connectivity index (χ0n) is 16.3. The summed E-state index contributed by atoms with van der Waals surface area (Å²) in [5.74, 6) is 0.423. The Labute approximate surface area is 164 Å². The number of anilines is 1. The van der Waals surface area contributed by atoms with Crippen molar-refractivity contribution in [2.24, 2.45) is 0 Å². The first kappa shape index (κ1) is 20.6. The Balaban J connectivity index is 1.74. The normalized spacial score (nSPS) is 25.4. The Bertz CT molecular complexity index is 710. The van der Waals surface area contributed by atoms with Crippen LogP contribution in [0.3, 0.4) is 0 Å². The summed E-state index contributed by atoms with van der Waals surface area (Å²) in [6.45, 7) is 2.44. The minimum absolute atomic E-state index is 0.0100. The van der Waals surface area contributed by atoms with E-state index in [4.69, 9.17) is 14.2 Å². The van der Waals surface area contributed by atoms with E-state index >= 15 is 0 Å². The topological polar surface area (TPSA) is 106 Å². The molecule has 2 amide bonds. The molecule has 0 unspecified atom stereocenters. The summed E-state index contributed by atoms with van der Waals surface area (Å²) in [5.41, 5.74) is 1.62. The molecule has 1 fully saturated rings. The lowest BCUT2D eigenvalue weighted by Gasteiger charge is -2.37. The zero-order chi connectivity index (χ0) is 20.1. The Hall–Kier alpha value is -2.16. The second kappa shape index (κ2) is 9.36. The van der Waals surface area contributed by atoms with Crippen molar-refractivity contribution in [1.29, 1.82) is 0 Å². The fourth-order valence-electron chi connectivity index (χ4n) is 3.84. The van der Waals surface area contributed by atoms with Crippen molar-refractivity contribution < 1.29 is 28.9 Å². The van der Waals surface area contributed by atoms with Gasteiger partial charge < -0.3 is 30.0 Å². The average Bonchev–Trinajstić information content (AvgIpc) is 3.04.